The lowest BCUT2D eigenvalue weighted by atomic mass is 9.76. The first-order valence-electron chi connectivity index (χ1n) is 4.63. The molecule has 0 aromatic rings. The van der Waals surface area contributed by atoms with Crippen LogP contribution in [0.2, 0.25) is 0 Å². The van der Waals surface area contributed by atoms with E-state index in [9.17, 15) is 0 Å². The van der Waals surface area contributed by atoms with Crippen molar-refractivity contribution in [2.45, 2.75) is 40.2 Å². The summed E-state index contributed by atoms with van der Waals surface area (Å²) in [6.07, 6.45) is 1.37. The molecule has 1 rings (SSSR count). The number of piperidine rings is 1. The van der Waals surface area contributed by atoms with Gasteiger partial charge in [-0.05, 0) is 31.7 Å². The maximum Gasteiger partial charge on any atom is 0.00899 e. The van der Waals surface area contributed by atoms with Crippen LogP contribution in [0, 0.1) is 11.3 Å². The Morgan fingerprint density at radius 1 is 1.27 bits per heavy atom. The summed E-state index contributed by atoms with van der Waals surface area (Å²) in [4.78, 5) is 2.48. The number of likely N-dealkylation sites (tertiary alicyclic amines) is 1. The van der Waals surface area contributed by atoms with Crippen LogP contribution in [0.25, 0.3) is 0 Å². The highest BCUT2D eigenvalue weighted by molar-refractivity contribution is 4.86. The summed E-state index contributed by atoms with van der Waals surface area (Å²) in [6, 6.07) is 0.767. The van der Waals surface area contributed by atoms with Gasteiger partial charge in [0.1, 0.15) is 0 Å². The van der Waals surface area contributed by atoms with E-state index in [0.29, 0.717) is 5.41 Å². The second-order valence-electron chi connectivity index (χ2n) is 5.00. The van der Waals surface area contributed by atoms with E-state index in [1.165, 1.54) is 13.0 Å². The van der Waals surface area contributed by atoms with Gasteiger partial charge >= 0.3 is 0 Å². The van der Waals surface area contributed by atoms with Crippen LogP contribution in [0.4, 0.5) is 0 Å². The van der Waals surface area contributed by atoms with Gasteiger partial charge in [0.15, 0.2) is 0 Å². The molecule has 11 heavy (non-hydrogen) atoms. The van der Waals surface area contributed by atoms with Crippen LogP contribution in [0.5, 0.6) is 0 Å². The maximum absolute atomic E-state index is 2.48. The van der Waals surface area contributed by atoms with Gasteiger partial charge in [-0.3, -0.25) is 0 Å². The van der Waals surface area contributed by atoms with Crippen LogP contribution in [0.1, 0.15) is 34.1 Å². The van der Waals surface area contributed by atoms with E-state index in [-0.39, 0.29) is 0 Å². The molecule has 0 bridgehead atoms. The Hall–Kier alpha value is -0.0400. The van der Waals surface area contributed by atoms with Gasteiger partial charge in [-0.1, -0.05) is 20.8 Å². The smallest absolute Gasteiger partial charge is 0.00899 e. The predicted octanol–water partition coefficient (Wildman–Crippen LogP) is 2.37. The zero-order valence-corrected chi connectivity index (χ0v) is 8.52. The van der Waals surface area contributed by atoms with Gasteiger partial charge in [0.05, 0.1) is 0 Å². The lowest BCUT2D eigenvalue weighted by Gasteiger charge is -2.44. The quantitative estimate of drug-likeness (QED) is 0.519. The molecule has 1 heteroatoms. The van der Waals surface area contributed by atoms with Crippen molar-refractivity contribution in [1.29, 1.82) is 0 Å². The Morgan fingerprint density at radius 2 is 1.82 bits per heavy atom. The molecule has 1 saturated heterocycles. The third-order valence-corrected chi connectivity index (χ3v) is 3.07. The molecule has 1 nitrogen and oxygen atoms in total. The van der Waals surface area contributed by atoms with Crippen LogP contribution >= 0.6 is 0 Å². The molecule has 0 aromatic carbocycles. The maximum atomic E-state index is 2.48. The van der Waals surface area contributed by atoms with E-state index < -0.39 is 0 Å². The zero-order chi connectivity index (χ0) is 8.65. The van der Waals surface area contributed by atoms with Crippen LogP contribution in [-0.4, -0.2) is 24.5 Å². The number of hydrogen-bond donors (Lipinski definition) is 0. The van der Waals surface area contributed by atoms with Gasteiger partial charge in [-0.25, -0.2) is 0 Å². The van der Waals surface area contributed by atoms with E-state index in [0.717, 1.165) is 12.0 Å². The fourth-order valence-corrected chi connectivity index (χ4v) is 2.36. The highest BCUT2D eigenvalue weighted by Gasteiger charge is 2.33. The number of rotatable bonds is 0. The predicted molar refractivity (Wildman–Crippen MR) is 49.7 cm³/mol. The molecule has 1 fully saturated rings. The first kappa shape index (κ1) is 9.05. The summed E-state index contributed by atoms with van der Waals surface area (Å²) < 4.78 is 0. The van der Waals surface area contributed by atoms with Crippen molar-refractivity contribution >= 4 is 0 Å². The van der Waals surface area contributed by atoms with Crippen molar-refractivity contribution in [1.82, 2.24) is 4.90 Å². The summed E-state index contributed by atoms with van der Waals surface area (Å²) in [6.45, 7) is 10.7. The van der Waals surface area contributed by atoms with Gasteiger partial charge < -0.3 is 4.90 Å². The fourth-order valence-electron chi connectivity index (χ4n) is 2.36. The molecule has 2 atom stereocenters. The minimum absolute atomic E-state index is 0.528. The third-order valence-electron chi connectivity index (χ3n) is 3.07. The molecular weight excluding hydrogens is 134 g/mol. The Bertz CT molecular complexity index is 126. The van der Waals surface area contributed by atoms with E-state index in [4.69, 9.17) is 0 Å². The summed E-state index contributed by atoms with van der Waals surface area (Å²) in [5.74, 6) is 0.851. The fraction of sp³-hybridized carbons (Fsp3) is 1.00. The Balaban J connectivity index is 2.62. The highest BCUT2D eigenvalue weighted by Crippen LogP contribution is 2.34. The van der Waals surface area contributed by atoms with Crippen LogP contribution in [0.3, 0.4) is 0 Å². The monoisotopic (exact) mass is 155 g/mol. The Morgan fingerprint density at radius 3 is 2.27 bits per heavy atom. The molecule has 0 aliphatic carbocycles. The minimum atomic E-state index is 0.528. The van der Waals surface area contributed by atoms with Crippen LogP contribution in [0.15, 0.2) is 0 Å². The molecule has 0 N–H and O–H groups in total. The van der Waals surface area contributed by atoms with E-state index in [1.807, 2.05) is 0 Å². The second-order valence-corrected chi connectivity index (χ2v) is 5.00. The SMILES string of the molecule is CC1CC(C)(C)CN(C)C1C. The Labute approximate surface area is 70.8 Å². The molecule has 1 aliphatic rings. The molecule has 1 heterocycles. The largest absolute Gasteiger partial charge is 0.303 e. The van der Waals surface area contributed by atoms with Gasteiger partial charge in [0.2, 0.25) is 0 Å². The first-order valence-corrected chi connectivity index (χ1v) is 4.63. The standard InChI is InChI=1S/C10H21N/c1-8-6-10(3,4)7-11(5)9(8)2/h8-9H,6-7H2,1-5H3. The van der Waals surface area contributed by atoms with Crippen molar-refractivity contribution < 1.29 is 0 Å². The molecule has 0 radical (unpaired) electrons. The summed E-state index contributed by atoms with van der Waals surface area (Å²) in [5.41, 5.74) is 0.528. The van der Waals surface area contributed by atoms with Crippen LogP contribution < -0.4 is 0 Å². The van der Waals surface area contributed by atoms with E-state index >= 15 is 0 Å². The molecule has 66 valence electrons. The topological polar surface area (TPSA) is 3.24 Å². The summed E-state index contributed by atoms with van der Waals surface area (Å²) in [5, 5.41) is 0. The van der Waals surface area contributed by atoms with Crippen molar-refractivity contribution in [2.75, 3.05) is 13.6 Å². The second kappa shape index (κ2) is 2.78. The van der Waals surface area contributed by atoms with E-state index in [2.05, 4.69) is 39.6 Å². The van der Waals surface area contributed by atoms with Crippen molar-refractivity contribution in [3.05, 3.63) is 0 Å². The summed E-state index contributed by atoms with van der Waals surface area (Å²) >= 11 is 0. The van der Waals surface area contributed by atoms with Crippen molar-refractivity contribution in [3.63, 3.8) is 0 Å². The minimum Gasteiger partial charge on any atom is -0.303 e. The van der Waals surface area contributed by atoms with Gasteiger partial charge in [0, 0.05) is 12.6 Å². The van der Waals surface area contributed by atoms with Gasteiger partial charge in [-0.15, -0.1) is 0 Å². The van der Waals surface area contributed by atoms with Crippen molar-refractivity contribution in [3.8, 4) is 0 Å². The molecule has 2 unspecified atom stereocenters. The van der Waals surface area contributed by atoms with Gasteiger partial charge in [0.25, 0.3) is 0 Å². The lowest BCUT2D eigenvalue weighted by Crippen LogP contribution is -2.47. The van der Waals surface area contributed by atoms with Crippen molar-refractivity contribution in [2.24, 2.45) is 11.3 Å². The average Bonchev–Trinajstić information content (AvgIpc) is 1.81. The average molecular weight is 155 g/mol. The van der Waals surface area contributed by atoms with Gasteiger partial charge in [-0.2, -0.15) is 0 Å². The van der Waals surface area contributed by atoms with Crippen LogP contribution in [-0.2, 0) is 0 Å². The molecule has 0 amide bonds. The van der Waals surface area contributed by atoms with E-state index in [1.54, 1.807) is 0 Å². The molecule has 0 spiro atoms. The molecular formula is C10H21N. The highest BCUT2D eigenvalue weighted by atomic mass is 15.1. The molecule has 0 aromatic heterocycles. The molecule has 0 saturated carbocycles. The normalized spacial score (nSPS) is 39.0. The molecule has 1 aliphatic heterocycles. The number of nitrogens with zero attached hydrogens (tertiary/aromatic N) is 1. The summed E-state index contributed by atoms with van der Waals surface area (Å²) in [7, 11) is 2.24. The first-order chi connectivity index (χ1) is 4.92. The number of hydrogen-bond acceptors (Lipinski definition) is 1. The Kier molecular flexibility index (Phi) is 2.29. The lowest BCUT2D eigenvalue weighted by molar-refractivity contribution is 0.0520. The zero-order valence-electron chi connectivity index (χ0n) is 8.52. The third kappa shape index (κ3) is 1.96.